The van der Waals surface area contributed by atoms with E-state index in [4.69, 9.17) is 20.9 Å². The van der Waals surface area contributed by atoms with Crippen LogP contribution in [-0.2, 0) is 4.74 Å². The summed E-state index contributed by atoms with van der Waals surface area (Å²) in [6.45, 7) is 3.81. The van der Waals surface area contributed by atoms with Gasteiger partial charge < -0.3 is 9.26 Å². The zero-order valence-electron chi connectivity index (χ0n) is 10.1. The molecule has 0 saturated heterocycles. The highest BCUT2D eigenvalue weighted by atomic mass is 35.5. The van der Waals surface area contributed by atoms with Crippen LogP contribution in [0.25, 0.3) is 11.3 Å². The van der Waals surface area contributed by atoms with Crippen LogP contribution in [0.1, 0.15) is 23.0 Å². The Balaban J connectivity index is 2.39. The molecule has 5 heteroatoms. The Bertz CT molecular complexity index is 577. The third-order valence-electron chi connectivity index (χ3n) is 2.48. The predicted octanol–water partition coefficient (Wildman–Crippen LogP) is 3.48. The first-order chi connectivity index (χ1) is 8.63. The largest absolute Gasteiger partial charge is 0.461 e. The van der Waals surface area contributed by atoms with E-state index in [9.17, 15) is 4.79 Å². The van der Waals surface area contributed by atoms with E-state index in [2.05, 4.69) is 5.16 Å². The minimum Gasteiger partial charge on any atom is -0.461 e. The molecule has 0 aliphatic heterocycles. The zero-order chi connectivity index (χ0) is 13.1. The van der Waals surface area contributed by atoms with E-state index in [1.807, 2.05) is 12.1 Å². The van der Waals surface area contributed by atoms with Gasteiger partial charge in [-0.3, -0.25) is 0 Å². The zero-order valence-corrected chi connectivity index (χ0v) is 10.8. The van der Waals surface area contributed by atoms with Crippen LogP contribution in [0.2, 0.25) is 5.02 Å². The lowest BCUT2D eigenvalue weighted by molar-refractivity contribution is 0.0514. The van der Waals surface area contributed by atoms with E-state index >= 15 is 0 Å². The van der Waals surface area contributed by atoms with Crippen LogP contribution < -0.4 is 0 Å². The van der Waals surface area contributed by atoms with Gasteiger partial charge in [0, 0.05) is 16.1 Å². The number of aromatic nitrogens is 1. The third kappa shape index (κ3) is 2.38. The van der Waals surface area contributed by atoms with Crippen molar-refractivity contribution in [1.29, 1.82) is 0 Å². The Hall–Kier alpha value is -1.81. The molecule has 4 nitrogen and oxygen atoms in total. The molecule has 18 heavy (non-hydrogen) atoms. The number of carbonyl (C=O) groups excluding carboxylic acids is 1. The number of ether oxygens (including phenoxy) is 1. The lowest BCUT2D eigenvalue weighted by Gasteiger charge is -1.99. The van der Waals surface area contributed by atoms with Gasteiger partial charge in [-0.05, 0) is 26.0 Å². The van der Waals surface area contributed by atoms with Gasteiger partial charge in [0.2, 0.25) is 0 Å². The molecular formula is C13H12ClNO3. The Morgan fingerprint density at radius 1 is 1.50 bits per heavy atom. The molecule has 2 aromatic rings. The molecule has 0 radical (unpaired) electrons. The Kier molecular flexibility index (Phi) is 3.67. The third-order valence-corrected chi connectivity index (χ3v) is 2.71. The van der Waals surface area contributed by atoms with E-state index < -0.39 is 5.97 Å². The van der Waals surface area contributed by atoms with E-state index in [0.717, 1.165) is 5.56 Å². The van der Waals surface area contributed by atoms with Gasteiger partial charge in [0.15, 0.2) is 11.5 Å². The molecule has 0 fully saturated rings. The molecule has 0 aliphatic rings. The number of rotatable bonds is 3. The van der Waals surface area contributed by atoms with Gasteiger partial charge in [-0.2, -0.15) is 0 Å². The summed E-state index contributed by atoms with van der Waals surface area (Å²) >= 11 is 5.91. The average molecular weight is 266 g/mol. The maximum absolute atomic E-state index is 11.6. The molecule has 0 spiro atoms. The number of nitrogens with zero attached hydrogens (tertiary/aromatic N) is 1. The molecule has 2 rings (SSSR count). The van der Waals surface area contributed by atoms with Gasteiger partial charge in [-0.15, -0.1) is 0 Å². The fraction of sp³-hybridized carbons (Fsp3) is 0.231. The van der Waals surface area contributed by atoms with Gasteiger partial charge in [-0.25, -0.2) is 4.79 Å². The fourth-order valence-corrected chi connectivity index (χ4v) is 1.81. The fourth-order valence-electron chi connectivity index (χ4n) is 1.62. The number of benzene rings is 1. The lowest BCUT2D eigenvalue weighted by atomic mass is 10.1. The van der Waals surface area contributed by atoms with Crippen LogP contribution in [-0.4, -0.2) is 17.7 Å². The summed E-state index contributed by atoms with van der Waals surface area (Å²) in [6.07, 6.45) is 0. The molecular weight excluding hydrogens is 254 g/mol. The number of hydrogen-bond acceptors (Lipinski definition) is 4. The summed E-state index contributed by atoms with van der Waals surface area (Å²) in [5.41, 5.74) is 1.63. The first kappa shape index (κ1) is 12.6. The smallest absolute Gasteiger partial charge is 0.360 e. The summed E-state index contributed by atoms with van der Waals surface area (Å²) < 4.78 is 10.1. The van der Waals surface area contributed by atoms with E-state index in [0.29, 0.717) is 23.0 Å². The normalized spacial score (nSPS) is 10.4. The summed E-state index contributed by atoms with van der Waals surface area (Å²) in [7, 11) is 0. The van der Waals surface area contributed by atoms with Crippen LogP contribution in [0.4, 0.5) is 0 Å². The minimum absolute atomic E-state index is 0.201. The van der Waals surface area contributed by atoms with Crippen molar-refractivity contribution in [2.45, 2.75) is 13.8 Å². The van der Waals surface area contributed by atoms with Crippen molar-refractivity contribution in [3.05, 3.63) is 40.5 Å². The summed E-state index contributed by atoms with van der Waals surface area (Å²) in [5, 5.41) is 4.35. The average Bonchev–Trinajstić information content (AvgIpc) is 2.71. The number of esters is 1. The van der Waals surface area contributed by atoms with Crippen LogP contribution >= 0.6 is 11.6 Å². The maximum Gasteiger partial charge on any atom is 0.360 e. The SMILES string of the molecule is CCOC(=O)c1noc(-c2cccc(Cl)c2)c1C. The molecule has 0 bridgehead atoms. The Morgan fingerprint density at radius 3 is 2.94 bits per heavy atom. The quantitative estimate of drug-likeness (QED) is 0.797. The van der Waals surface area contributed by atoms with E-state index in [1.165, 1.54) is 0 Å². The first-order valence-electron chi connectivity index (χ1n) is 5.52. The highest BCUT2D eigenvalue weighted by molar-refractivity contribution is 6.30. The molecule has 1 aromatic heterocycles. The second-order valence-electron chi connectivity index (χ2n) is 3.72. The number of carbonyl (C=O) groups is 1. The minimum atomic E-state index is -0.480. The lowest BCUT2D eigenvalue weighted by Crippen LogP contribution is -2.06. The second kappa shape index (κ2) is 5.23. The highest BCUT2D eigenvalue weighted by Gasteiger charge is 2.20. The predicted molar refractivity (Wildman–Crippen MR) is 67.6 cm³/mol. The van der Waals surface area contributed by atoms with E-state index in [-0.39, 0.29) is 5.69 Å². The summed E-state index contributed by atoms with van der Waals surface area (Å²) in [6, 6.07) is 7.17. The number of halogens is 1. The van der Waals surface area contributed by atoms with Crippen LogP contribution in [0, 0.1) is 6.92 Å². The van der Waals surface area contributed by atoms with Crippen LogP contribution in [0.15, 0.2) is 28.8 Å². The summed E-state index contributed by atoms with van der Waals surface area (Å²) in [4.78, 5) is 11.6. The maximum atomic E-state index is 11.6. The van der Waals surface area contributed by atoms with Crippen molar-refractivity contribution in [3.63, 3.8) is 0 Å². The molecule has 0 saturated carbocycles. The first-order valence-corrected chi connectivity index (χ1v) is 5.90. The highest BCUT2D eigenvalue weighted by Crippen LogP contribution is 2.27. The van der Waals surface area contributed by atoms with Gasteiger partial charge in [0.05, 0.1) is 6.61 Å². The molecule has 0 amide bonds. The van der Waals surface area contributed by atoms with Crippen molar-refractivity contribution in [1.82, 2.24) is 5.16 Å². The monoisotopic (exact) mass is 265 g/mol. The van der Waals surface area contributed by atoms with Crippen molar-refractivity contribution >= 4 is 17.6 Å². The van der Waals surface area contributed by atoms with Crippen molar-refractivity contribution < 1.29 is 14.1 Å². The standard InChI is InChI=1S/C13H12ClNO3/c1-3-17-13(16)11-8(2)12(18-15-11)9-5-4-6-10(14)7-9/h4-7H,3H2,1-2H3. The molecule has 1 heterocycles. The van der Waals surface area contributed by atoms with Gasteiger partial charge in [-0.1, -0.05) is 28.9 Å². The molecule has 0 unspecified atom stereocenters. The van der Waals surface area contributed by atoms with Crippen molar-refractivity contribution in [3.8, 4) is 11.3 Å². The second-order valence-corrected chi connectivity index (χ2v) is 4.15. The topological polar surface area (TPSA) is 52.3 Å². The molecule has 1 aromatic carbocycles. The summed E-state index contributed by atoms with van der Waals surface area (Å²) in [5.74, 6) is 0.0487. The number of hydrogen-bond donors (Lipinski definition) is 0. The van der Waals surface area contributed by atoms with Gasteiger partial charge in [0.1, 0.15) is 0 Å². The van der Waals surface area contributed by atoms with Crippen LogP contribution in [0.3, 0.4) is 0 Å². The van der Waals surface area contributed by atoms with Gasteiger partial charge in [0.25, 0.3) is 0 Å². The molecule has 0 aliphatic carbocycles. The van der Waals surface area contributed by atoms with Gasteiger partial charge >= 0.3 is 5.97 Å². The van der Waals surface area contributed by atoms with E-state index in [1.54, 1.807) is 26.0 Å². The molecule has 0 N–H and O–H groups in total. The Morgan fingerprint density at radius 2 is 2.28 bits per heavy atom. The van der Waals surface area contributed by atoms with Crippen molar-refractivity contribution in [2.24, 2.45) is 0 Å². The van der Waals surface area contributed by atoms with Crippen molar-refractivity contribution in [2.75, 3.05) is 6.61 Å². The Labute approximate surface area is 109 Å². The molecule has 0 atom stereocenters. The molecule has 94 valence electrons. The van der Waals surface area contributed by atoms with Crippen LogP contribution in [0.5, 0.6) is 0 Å².